The Morgan fingerprint density at radius 1 is 0.395 bits per heavy atom. The second kappa shape index (κ2) is 9.32. The summed E-state index contributed by atoms with van der Waals surface area (Å²) in [7, 11) is 2.21. The first kappa shape index (κ1) is 22.5. The van der Waals surface area contributed by atoms with Crippen molar-refractivity contribution >= 4 is 35.5 Å². The van der Waals surface area contributed by atoms with Gasteiger partial charge < -0.3 is 8.96 Å². The minimum absolute atomic E-state index is 1.18. The molecule has 1 aliphatic rings. The van der Waals surface area contributed by atoms with Crippen LogP contribution in [0.15, 0.2) is 158 Å². The standard InChI is InChI=1S/C34H26B2N2/c1-11-23-37(24-12-1)35-31-19-7-3-15-27(31)28-16-4-8-20-32(28)36(38-25-13-2-14-26-38)33-21-9-5-17-29(33)30-18-6-10-22-34(30)36/h1-26H. The van der Waals surface area contributed by atoms with Crippen molar-refractivity contribution in [2.75, 3.05) is 0 Å². The van der Waals surface area contributed by atoms with Gasteiger partial charge in [-0.15, -0.1) is 16.4 Å². The highest BCUT2D eigenvalue weighted by atomic mass is 14.9. The third kappa shape index (κ3) is 3.45. The SMILES string of the molecule is [B-](c1ccccc1-c1ccccc1[B-]1([n+]2ccccc2)c2ccccc2-c2ccccc21)[n+]1ccccc1. The minimum atomic E-state index is -1.49. The number of hydrogen-bond donors (Lipinski definition) is 0. The fourth-order valence-electron chi connectivity index (χ4n) is 6.49. The predicted octanol–water partition coefficient (Wildman–Crippen LogP) is 3.22. The van der Waals surface area contributed by atoms with Crippen molar-refractivity contribution in [1.29, 1.82) is 0 Å². The molecule has 3 heterocycles. The van der Waals surface area contributed by atoms with Crippen molar-refractivity contribution in [1.82, 2.24) is 0 Å². The summed E-state index contributed by atoms with van der Waals surface area (Å²) in [5.74, 6) is 0. The van der Waals surface area contributed by atoms with E-state index in [-0.39, 0.29) is 0 Å². The van der Waals surface area contributed by atoms with Gasteiger partial charge in [0.15, 0.2) is 0 Å². The molecule has 2 nitrogen and oxygen atoms in total. The summed E-state index contributed by atoms with van der Waals surface area (Å²) < 4.78 is 4.57. The highest BCUT2D eigenvalue weighted by molar-refractivity contribution is 7.09. The molecule has 6 aromatic rings. The summed E-state index contributed by atoms with van der Waals surface area (Å²) in [4.78, 5) is 0. The molecule has 0 fully saturated rings. The van der Waals surface area contributed by atoms with Gasteiger partial charge in [0.05, 0.1) is 0 Å². The highest BCUT2D eigenvalue weighted by Gasteiger charge is 2.49. The molecule has 0 spiro atoms. The van der Waals surface area contributed by atoms with Gasteiger partial charge in [0.2, 0.25) is 0 Å². The summed E-state index contributed by atoms with van der Waals surface area (Å²) in [6, 6.07) is 48.1. The fourth-order valence-corrected chi connectivity index (χ4v) is 6.49. The molecule has 2 radical (unpaired) electrons. The van der Waals surface area contributed by atoms with Crippen LogP contribution in [0.1, 0.15) is 0 Å². The van der Waals surface area contributed by atoms with Gasteiger partial charge in [0.1, 0.15) is 32.2 Å². The molecule has 0 bridgehead atoms. The van der Waals surface area contributed by atoms with Crippen molar-refractivity contribution < 1.29 is 8.96 Å². The Kier molecular flexibility index (Phi) is 5.52. The van der Waals surface area contributed by atoms with Gasteiger partial charge in [-0.25, -0.2) is 0 Å². The zero-order valence-electron chi connectivity index (χ0n) is 21.1. The van der Waals surface area contributed by atoms with Crippen LogP contribution >= 0.6 is 0 Å². The summed E-state index contributed by atoms with van der Waals surface area (Å²) in [5, 5.41) is 0. The van der Waals surface area contributed by atoms with Crippen LogP contribution in [-0.4, -0.2) is 13.7 Å². The molecule has 0 saturated carbocycles. The third-order valence-electron chi connectivity index (χ3n) is 7.99. The molecule has 1 aliphatic heterocycles. The van der Waals surface area contributed by atoms with E-state index in [0.717, 1.165) is 0 Å². The van der Waals surface area contributed by atoms with E-state index >= 15 is 0 Å². The van der Waals surface area contributed by atoms with Crippen molar-refractivity contribution in [2.24, 2.45) is 0 Å². The van der Waals surface area contributed by atoms with Gasteiger partial charge in [0, 0.05) is 0 Å². The second-order valence-electron chi connectivity index (χ2n) is 9.94. The van der Waals surface area contributed by atoms with Crippen LogP contribution in [0.25, 0.3) is 22.3 Å². The monoisotopic (exact) mass is 484 g/mol. The van der Waals surface area contributed by atoms with Crippen LogP contribution in [0.2, 0.25) is 0 Å². The quantitative estimate of drug-likeness (QED) is 0.332. The lowest BCUT2D eigenvalue weighted by atomic mass is 9.25. The van der Waals surface area contributed by atoms with Crippen LogP contribution in [0.4, 0.5) is 0 Å². The number of hydrogen-bond acceptors (Lipinski definition) is 0. The Morgan fingerprint density at radius 2 is 0.816 bits per heavy atom. The van der Waals surface area contributed by atoms with E-state index in [9.17, 15) is 0 Å². The molecule has 7 rings (SSSR count). The van der Waals surface area contributed by atoms with Crippen LogP contribution in [0.5, 0.6) is 0 Å². The van der Waals surface area contributed by atoms with E-state index in [2.05, 4.69) is 169 Å². The van der Waals surface area contributed by atoms with Crippen LogP contribution in [0.3, 0.4) is 0 Å². The van der Waals surface area contributed by atoms with E-state index in [1.165, 1.54) is 44.1 Å². The molecule has 2 aromatic heterocycles. The Bertz CT molecular complexity index is 1700. The van der Waals surface area contributed by atoms with Crippen molar-refractivity contribution in [3.63, 3.8) is 0 Å². The Labute approximate surface area is 224 Å². The maximum absolute atomic E-state index is 2.45. The number of aromatic nitrogens is 2. The molecular formula is C34H26B2N2. The molecule has 0 saturated heterocycles. The lowest BCUT2D eigenvalue weighted by Gasteiger charge is -2.36. The van der Waals surface area contributed by atoms with Gasteiger partial charge in [-0.1, -0.05) is 115 Å². The molecule has 4 heteroatoms. The number of nitrogens with zero attached hydrogens (tertiary/aromatic N) is 2. The Balaban J connectivity index is 1.55. The van der Waals surface area contributed by atoms with Crippen molar-refractivity contribution in [3.8, 4) is 22.3 Å². The molecule has 178 valence electrons. The van der Waals surface area contributed by atoms with Gasteiger partial charge in [-0.05, 0) is 41.0 Å². The first-order valence-electron chi connectivity index (χ1n) is 13.2. The maximum atomic E-state index is 2.45. The number of benzene rings is 4. The van der Waals surface area contributed by atoms with E-state index in [1.807, 2.05) is 6.07 Å². The lowest BCUT2D eigenvalue weighted by Crippen LogP contribution is -2.83. The molecule has 0 aliphatic carbocycles. The minimum Gasteiger partial charge on any atom is -0.473 e. The average molecular weight is 484 g/mol. The maximum Gasteiger partial charge on any atom is 0.361 e. The molecule has 0 amide bonds. The largest absolute Gasteiger partial charge is 0.473 e. The Hall–Kier alpha value is -4.69. The smallest absolute Gasteiger partial charge is 0.361 e. The number of fused-ring (bicyclic) bond motifs is 3. The Morgan fingerprint density at radius 3 is 1.37 bits per heavy atom. The predicted molar refractivity (Wildman–Crippen MR) is 158 cm³/mol. The molecule has 0 N–H and O–H groups in total. The summed E-state index contributed by atoms with van der Waals surface area (Å²) in [6.07, 6.45) is 7.13. The van der Waals surface area contributed by atoms with Gasteiger partial charge in [0.25, 0.3) is 0 Å². The van der Waals surface area contributed by atoms with Crippen LogP contribution in [0, 0.1) is 0 Å². The average Bonchev–Trinajstić information content (AvgIpc) is 3.30. The van der Waals surface area contributed by atoms with E-state index in [1.54, 1.807) is 0 Å². The normalized spacial score (nSPS) is 13.1. The summed E-state index contributed by atoms with van der Waals surface area (Å²) in [5.41, 5.74) is 10.3. The number of rotatable bonds is 5. The first-order chi connectivity index (χ1) is 18.9. The van der Waals surface area contributed by atoms with Gasteiger partial charge in [-0.3, -0.25) is 0 Å². The topological polar surface area (TPSA) is 7.76 Å². The number of pyridine rings is 2. The van der Waals surface area contributed by atoms with E-state index in [0.29, 0.717) is 0 Å². The van der Waals surface area contributed by atoms with Crippen molar-refractivity contribution in [2.45, 2.75) is 0 Å². The molecule has 0 atom stereocenters. The van der Waals surface area contributed by atoms with E-state index in [4.69, 9.17) is 0 Å². The summed E-state index contributed by atoms with van der Waals surface area (Å²) >= 11 is 0. The first-order valence-corrected chi connectivity index (χ1v) is 13.2. The second-order valence-corrected chi connectivity index (χ2v) is 9.94. The highest BCUT2D eigenvalue weighted by Crippen LogP contribution is 2.29. The summed E-state index contributed by atoms with van der Waals surface area (Å²) in [6.45, 7) is 0. The lowest BCUT2D eigenvalue weighted by molar-refractivity contribution is -0.539. The molecular weight excluding hydrogens is 458 g/mol. The zero-order valence-corrected chi connectivity index (χ0v) is 21.1. The van der Waals surface area contributed by atoms with Crippen LogP contribution < -0.4 is 30.8 Å². The van der Waals surface area contributed by atoms with Crippen LogP contribution in [-0.2, 0) is 0 Å². The van der Waals surface area contributed by atoms with Crippen molar-refractivity contribution in [3.05, 3.63) is 158 Å². The fraction of sp³-hybridized carbons (Fsp3) is 0. The molecule has 0 unspecified atom stereocenters. The van der Waals surface area contributed by atoms with Gasteiger partial charge in [-0.2, -0.15) is 5.46 Å². The van der Waals surface area contributed by atoms with E-state index < -0.39 is 6.28 Å². The molecule has 4 aromatic carbocycles. The molecule has 38 heavy (non-hydrogen) atoms. The zero-order chi connectivity index (χ0) is 25.4. The van der Waals surface area contributed by atoms with Gasteiger partial charge >= 0.3 is 6.28 Å². The third-order valence-corrected chi connectivity index (χ3v) is 7.99.